The van der Waals surface area contributed by atoms with Crippen molar-refractivity contribution in [1.82, 2.24) is 0 Å². The Kier molecular flexibility index (Phi) is 3.81. The molecule has 1 fully saturated rings. The van der Waals surface area contributed by atoms with Crippen molar-refractivity contribution in [2.24, 2.45) is 17.6 Å². The minimum atomic E-state index is 0.0846. The lowest BCUT2D eigenvalue weighted by atomic mass is 9.64. The van der Waals surface area contributed by atoms with Gasteiger partial charge < -0.3 is 15.8 Å². The van der Waals surface area contributed by atoms with Crippen molar-refractivity contribution in [3.8, 4) is 5.75 Å². The number of rotatable bonds is 5. The smallest absolute Gasteiger partial charge is 0.120 e. The maximum atomic E-state index is 5.96. The van der Waals surface area contributed by atoms with Crippen LogP contribution in [-0.4, -0.2) is 19.2 Å². The fourth-order valence-electron chi connectivity index (χ4n) is 2.74. The summed E-state index contributed by atoms with van der Waals surface area (Å²) in [6, 6.07) is 8.06. The van der Waals surface area contributed by atoms with E-state index in [0.717, 1.165) is 23.3 Å². The van der Waals surface area contributed by atoms with Crippen LogP contribution in [-0.2, 0) is 0 Å². The minimum Gasteiger partial charge on any atom is -0.497 e. The van der Waals surface area contributed by atoms with Crippen LogP contribution in [0.5, 0.6) is 5.75 Å². The van der Waals surface area contributed by atoms with E-state index in [1.807, 2.05) is 18.2 Å². The molecule has 0 aromatic heterocycles. The Morgan fingerprint density at radius 3 is 2.72 bits per heavy atom. The van der Waals surface area contributed by atoms with Crippen LogP contribution in [0.3, 0.4) is 0 Å². The number of benzene rings is 1. The first-order valence-corrected chi connectivity index (χ1v) is 6.71. The number of hydrogen-bond acceptors (Lipinski definition) is 3. The molecule has 2 rings (SSSR count). The van der Waals surface area contributed by atoms with Crippen molar-refractivity contribution in [3.05, 3.63) is 24.3 Å². The summed E-state index contributed by atoms with van der Waals surface area (Å²) in [4.78, 5) is 0. The highest BCUT2D eigenvalue weighted by atomic mass is 16.5. The summed E-state index contributed by atoms with van der Waals surface area (Å²) < 4.78 is 5.24. The standard InChI is InChI=1S/C15H24N2O/c1-11(2)12-8-15(9-12,10-16)17-13-5-4-6-14(7-13)18-3/h4-7,11-12,17H,8-10,16H2,1-3H3. The van der Waals surface area contributed by atoms with Crippen LogP contribution < -0.4 is 15.8 Å². The fraction of sp³-hybridized carbons (Fsp3) is 0.600. The molecule has 3 N–H and O–H groups in total. The van der Waals surface area contributed by atoms with Crippen LogP contribution in [0.2, 0.25) is 0 Å². The number of ether oxygens (including phenoxy) is 1. The van der Waals surface area contributed by atoms with Crippen LogP contribution in [0.15, 0.2) is 24.3 Å². The van der Waals surface area contributed by atoms with Crippen molar-refractivity contribution in [1.29, 1.82) is 0 Å². The number of anilines is 1. The van der Waals surface area contributed by atoms with Crippen LogP contribution >= 0.6 is 0 Å². The van der Waals surface area contributed by atoms with Gasteiger partial charge >= 0.3 is 0 Å². The van der Waals surface area contributed by atoms with Gasteiger partial charge in [-0.3, -0.25) is 0 Å². The van der Waals surface area contributed by atoms with Gasteiger partial charge in [-0.25, -0.2) is 0 Å². The van der Waals surface area contributed by atoms with Gasteiger partial charge in [-0.05, 0) is 36.8 Å². The third-order valence-corrected chi connectivity index (χ3v) is 4.12. The van der Waals surface area contributed by atoms with E-state index in [1.165, 1.54) is 12.8 Å². The number of nitrogens with two attached hydrogens (primary N) is 1. The largest absolute Gasteiger partial charge is 0.497 e. The molecule has 0 atom stereocenters. The van der Waals surface area contributed by atoms with E-state index in [4.69, 9.17) is 10.5 Å². The molecule has 3 nitrogen and oxygen atoms in total. The van der Waals surface area contributed by atoms with E-state index < -0.39 is 0 Å². The Labute approximate surface area is 110 Å². The van der Waals surface area contributed by atoms with Gasteiger partial charge in [0.05, 0.1) is 12.6 Å². The molecule has 0 heterocycles. The molecule has 100 valence electrons. The van der Waals surface area contributed by atoms with Gasteiger partial charge in [0.2, 0.25) is 0 Å². The second-order valence-corrected chi connectivity index (χ2v) is 5.75. The molecule has 0 aliphatic heterocycles. The summed E-state index contributed by atoms with van der Waals surface area (Å²) in [6.07, 6.45) is 2.33. The van der Waals surface area contributed by atoms with Crippen LogP contribution in [0, 0.1) is 11.8 Å². The lowest BCUT2D eigenvalue weighted by molar-refractivity contribution is 0.130. The van der Waals surface area contributed by atoms with E-state index in [-0.39, 0.29) is 5.54 Å². The van der Waals surface area contributed by atoms with Crippen LogP contribution in [0.1, 0.15) is 26.7 Å². The number of nitrogens with one attached hydrogen (secondary N) is 1. The van der Waals surface area contributed by atoms with Crippen LogP contribution in [0.25, 0.3) is 0 Å². The first kappa shape index (κ1) is 13.2. The summed E-state index contributed by atoms with van der Waals surface area (Å²) in [5.74, 6) is 2.43. The van der Waals surface area contributed by atoms with Crippen molar-refractivity contribution >= 4 is 5.69 Å². The SMILES string of the molecule is COc1cccc(NC2(CN)CC(C(C)C)C2)c1. The molecule has 18 heavy (non-hydrogen) atoms. The van der Waals surface area contributed by atoms with E-state index in [9.17, 15) is 0 Å². The van der Waals surface area contributed by atoms with E-state index >= 15 is 0 Å². The summed E-state index contributed by atoms with van der Waals surface area (Å²) in [7, 11) is 1.69. The monoisotopic (exact) mass is 248 g/mol. The second kappa shape index (κ2) is 5.19. The van der Waals surface area contributed by atoms with Gasteiger partial charge in [-0.2, -0.15) is 0 Å². The third-order valence-electron chi connectivity index (χ3n) is 4.12. The molecule has 1 aliphatic carbocycles. The Hall–Kier alpha value is -1.22. The summed E-state index contributed by atoms with van der Waals surface area (Å²) in [6.45, 7) is 5.26. The Bertz CT molecular complexity index is 397. The topological polar surface area (TPSA) is 47.3 Å². The summed E-state index contributed by atoms with van der Waals surface area (Å²) in [5.41, 5.74) is 7.14. The molecular weight excluding hydrogens is 224 g/mol. The highest BCUT2D eigenvalue weighted by molar-refractivity contribution is 5.51. The lowest BCUT2D eigenvalue weighted by Crippen LogP contribution is -2.56. The molecule has 0 amide bonds. The van der Waals surface area contributed by atoms with Crippen molar-refractivity contribution in [2.45, 2.75) is 32.2 Å². The number of methoxy groups -OCH3 is 1. The quantitative estimate of drug-likeness (QED) is 0.842. The Morgan fingerprint density at radius 2 is 2.17 bits per heavy atom. The molecule has 0 spiro atoms. The zero-order valence-corrected chi connectivity index (χ0v) is 11.6. The first-order valence-electron chi connectivity index (χ1n) is 6.71. The molecule has 1 saturated carbocycles. The maximum absolute atomic E-state index is 5.96. The van der Waals surface area contributed by atoms with Gasteiger partial charge in [-0.1, -0.05) is 19.9 Å². The van der Waals surface area contributed by atoms with Gasteiger partial charge in [0.1, 0.15) is 5.75 Å². The summed E-state index contributed by atoms with van der Waals surface area (Å²) >= 11 is 0. The molecule has 1 aromatic carbocycles. The molecule has 0 radical (unpaired) electrons. The highest BCUT2D eigenvalue weighted by Crippen LogP contribution is 2.43. The zero-order valence-electron chi connectivity index (χ0n) is 11.6. The molecule has 0 unspecified atom stereocenters. The third kappa shape index (κ3) is 2.61. The predicted molar refractivity (Wildman–Crippen MR) is 76.0 cm³/mol. The van der Waals surface area contributed by atoms with Gasteiger partial charge in [0.25, 0.3) is 0 Å². The average Bonchev–Trinajstić information content (AvgIpc) is 2.33. The number of hydrogen-bond donors (Lipinski definition) is 2. The molecule has 0 bridgehead atoms. The van der Waals surface area contributed by atoms with E-state index in [2.05, 4.69) is 25.2 Å². The lowest BCUT2D eigenvalue weighted by Gasteiger charge is -2.50. The average molecular weight is 248 g/mol. The summed E-state index contributed by atoms with van der Waals surface area (Å²) in [5, 5.41) is 3.60. The van der Waals surface area contributed by atoms with Crippen molar-refractivity contribution in [3.63, 3.8) is 0 Å². The Balaban J connectivity index is 2.03. The van der Waals surface area contributed by atoms with E-state index in [0.29, 0.717) is 6.54 Å². The maximum Gasteiger partial charge on any atom is 0.120 e. The fourth-order valence-corrected chi connectivity index (χ4v) is 2.74. The zero-order chi connectivity index (χ0) is 13.2. The van der Waals surface area contributed by atoms with Gasteiger partial charge in [-0.15, -0.1) is 0 Å². The molecular formula is C15H24N2O. The molecule has 1 aromatic rings. The van der Waals surface area contributed by atoms with Crippen LogP contribution in [0.4, 0.5) is 5.69 Å². The predicted octanol–water partition coefficient (Wildman–Crippen LogP) is 2.87. The minimum absolute atomic E-state index is 0.0846. The normalized spacial score (nSPS) is 26.8. The molecule has 1 aliphatic rings. The van der Waals surface area contributed by atoms with E-state index in [1.54, 1.807) is 7.11 Å². The molecule has 3 heteroatoms. The van der Waals surface area contributed by atoms with Gasteiger partial charge in [0.15, 0.2) is 0 Å². The van der Waals surface area contributed by atoms with Crippen molar-refractivity contribution in [2.75, 3.05) is 19.0 Å². The molecule has 0 saturated heterocycles. The Morgan fingerprint density at radius 1 is 1.44 bits per heavy atom. The second-order valence-electron chi connectivity index (χ2n) is 5.75. The highest BCUT2D eigenvalue weighted by Gasteiger charge is 2.44. The van der Waals surface area contributed by atoms with Gasteiger partial charge in [0, 0.05) is 18.3 Å². The first-order chi connectivity index (χ1) is 8.58. The van der Waals surface area contributed by atoms with Crippen molar-refractivity contribution < 1.29 is 4.74 Å².